The Bertz CT molecular complexity index is 588. The Hall–Kier alpha value is -1.43. The van der Waals surface area contributed by atoms with E-state index in [2.05, 4.69) is 41.7 Å². The Kier molecular flexibility index (Phi) is 4.95. The van der Waals surface area contributed by atoms with Crippen LogP contribution >= 0.6 is 0 Å². The van der Waals surface area contributed by atoms with Crippen molar-refractivity contribution in [3.63, 3.8) is 0 Å². The van der Waals surface area contributed by atoms with E-state index in [1.807, 2.05) is 11.6 Å². The summed E-state index contributed by atoms with van der Waals surface area (Å²) in [4.78, 5) is 12.7. The molecule has 3 rings (SSSR count). The van der Waals surface area contributed by atoms with Crippen molar-refractivity contribution in [2.24, 2.45) is 11.3 Å². The average Bonchev–Trinajstić information content (AvgIpc) is 2.92. The predicted molar refractivity (Wildman–Crippen MR) is 93.9 cm³/mol. The van der Waals surface area contributed by atoms with Gasteiger partial charge < -0.3 is 10.6 Å². The summed E-state index contributed by atoms with van der Waals surface area (Å²) in [6.07, 6.45) is 5.43. The van der Waals surface area contributed by atoms with E-state index in [1.54, 1.807) is 0 Å². The number of carbonyl (C=O) groups is 1. The summed E-state index contributed by atoms with van der Waals surface area (Å²) < 4.78 is 1.95. The quantitative estimate of drug-likeness (QED) is 0.891. The van der Waals surface area contributed by atoms with Crippen molar-refractivity contribution in [2.75, 3.05) is 13.1 Å². The van der Waals surface area contributed by atoms with Gasteiger partial charge in [0.15, 0.2) is 5.69 Å². The third-order valence-corrected chi connectivity index (χ3v) is 5.81. The fourth-order valence-corrected chi connectivity index (χ4v) is 4.35. The summed E-state index contributed by atoms with van der Waals surface area (Å²) in [5.41, 5.74) is 1.77. The van der Waals surface area contributed by atoms with Crippen LogP contribution in [0.3, 0.4) is 0 Å². The van der Waals surface area contributed by atoms with Gasteiger partial charge in [0.2, 0.25) is 0 Å². The van der Waals surface area contributed by atoms with Gasteiger partial charge in [0.05, 0.1) is 11.7 Å². The molecule has 2 fully saturated rings. The van der Waals surface area contributed by atoms with Gasteiger partial charge in [0.25, 0.3) is 5.91 Å². The van der Waals surface area contributed by atoms with E-state index < -0.39 is 0 Å². The highest BCUT2D eigenvalue weighted by Gasteiger charge is 2.34. The van der Waals surface area contributed by atoms with E-state index in [-0.39, 0.29) is 11.9 Å². The molecule has 24 heavy (non-hydrogen) atoms. The van der Waals surface area contributed by atoms with Gasteiger partial charge in [-0.2, -0.15) is 0 Å². The maximum Gasteiger partial charge on any atom is 0.273 e. The average molecular weight is 333 g/mol. The van der Waals surface area contributed by atoms with Gasteiger partial charge in [-0.3, -0.25) is 4.79 Å². The van der Waals surface area contributed by atoms with Crippen LogP contribution in [-0.4, -0.2) is 40.0 Å². The van der Waals surface area contributed by atoms with Crippen molar-refractivity contribution in [3.05, 3.63) is 11.4 Å². The molecule has 0 aromatic carbocycles. The Morgan fingerprint density at radius 3 is 2.67 bits per heavy atom. The first-order valence-electron chi connectivity index (χ1n) is 9.31. The van der Waals surface area contributed by atoms with Crippen molar-refractivity contribution in [1.82, 2.24) is 25.6 Å². The highest BCUT2D eigenvalue weighted by atomic mass is 16.2. The number of aromatic nitrogens is 3. The van der Waals surface area contributed by atoms with Crippen LogP contribution in [0.25, 0.3) is 0 Å². The monoisotopic (exact) mass is 333 g/mol. The molecule has 134 valence electrons. The smallest absolute Gasteiger partial charge is 0.273 e. The molecule has 2 atom stereocenters. The third-order valence-electron chi connectivity index (χ3n) is 5.81. The van der Waals surface area contributed by atoms with Crippen LogP contribution in [0.4, 0.5) is 0 Å². The van der Waals surface area contributed by atoms with Crippen LogP contribution in [-0.2, 0) is 0 Å². The molecule has 2 heterocycles. The van der Waals surface area contributed by atoms with Crippen molar-refractivity contribution < 1.29 is 4.79 Å². The second kappa shape index (κ2) is 6.82. The standard InChI is InChI=1S/C18H31N5O/c1-12-11-18(3,4)8-5-15(12)20-17(24)16-13(2)23(22-21-16)14-6-9-19-10-7-14/h12,14-15,19H,5-11H2,1-4H3,(H,20,24). The minimum atomic E-state index is -0.0655. The topological polar surface area (TPSA) is 71.8 Å². The normalized spacial score (nSPS) is 27.8. The van der Waals surface area contributed by atoms with E-state index in [1.165, 1.54) is 0 Å². The van der Waals surface area contributed by atoms with E-state index in [0.29, 0.717) is 23.1 Å². The minimum absolute atomic E-state index is 0.0655. The van der Waals surface area contributed by atoms with Gasteiger partial charge in [-0.1, -0.05) is 26.0 Å². The molecular formula is C18H31N5O. The van der Waals surface area contributed by atoms with E-state index >= 15 is 0 Å². The van der Waals surface area contributed by atoms with Crippen molar-refractivity contribution >= 4 is 5.91 Å². The maximum atomic E-state index is 12.7. The fraction of sp³-hybridized carbons (Fsp3) is 0.833. The Balaban J connectivity index is 1.66. The number of hydrogen-bond donors (Lipinski definition) is 2. The molecule has 1 aromatic rings. The molecule has 6 heteroatoms. The molecule has 0 spiro atoms. The predicted octanol–water partition coefficient (Wildman–Crippen LogP) is 2.46. The van der Waals surface area contributed by atoms with E-state index in [4.69, 9.17) is 0 Å². The number of hydrogen-bond acceptors (Lipinski definition) is 4. The Morgan fingerprint density at radius 1 is 1.29 bits per heavy atom. The van der Waals surface area contributed by atoms with Gasteiger partial charge in [-0.05, 0) is 63.5 Å². The van der Waals surface area contributed by atoms with Crippen LogP contribution in [0.15, 0.2) is 0 Å². The molecule has 1 saturated heterocycles. The zero-order valence-corrected chi connectivity index (χ0v) is 15.4. The number of carbonyl (C=O) groups excluding carboxylic acids is 1. The molecule has 1 aliphatic carbocycles. The van der Waals surface area contributed by atoms with Gasteiger partial charge in [-0.25, -0.2) is 4.68 Å². The first-order valence-corrected chi connectivity index (χ1v) is 9.31. The number of piperidine rings is 1. The van der Waals surface area contributed by atoms with Gasteiger partial charge >= 0.3 is 0 Å². The molecule has 2 N–H and O–H groups in total. The van der Waals surface area contributed by atoms with E-state index in [9.17, 15) is 4.79 Å². The summed E-state index contributed by atoms with van der Waals surface area (Å²) in [6.45, 7) is 10.8. The van der Waals surface area contributed by atoms with Crippen LogP contribution < -0.4 is 10.6 Å². The van der Waals surface area contributed by atoms with Crippen LogP contribution in [0.2, 0.25) is 0 Å². The highest BCUT2D eigenvalue weighted by molar-refractivity contribution is 5.93. The van der Waals surface area contributed by atoms with Crippen molar-refractivity contribution in [3.8, 4) is 0 Å². The third kappa shape index (κ3) is 3.63. The molecule has 2 unspecified atom stereocenters. The fourth-order valence-electron chi connectivity index (χ4n) is 4.35. The zero-order valence-electron chi connectivity index (χ0n) is 15.4. The van der Waals surface area contributed by atoms with Gasteiger partial charge in [0, 0.05) is 6.04 Å². The highest BCUT2D eigenvalue weighted by Crippen LogP contribution is 2.38. The Morgan fingerprint density at radius 2 is 2.00 bits per heavy atom. The molecule has 2 aliphatic rings. The number of nitrogens with one attached hydrogen (secondary N) is 2. The SMILES string of the molecule is Cc1c(C(=O)NC2CCC(C)(C)CC2C)nnn1C1CCNCC1. The molecule has 1 amide bonds. The molecule has 1 aliphatic heterocycles. The Labute approximate surface area is 144 Å². The van der Waals surface area contributed by atoms with Crippen molar-refractivity contribution in [1.29, 1.82) is 0 Å². The second-order valence-electron chi connectivity index (χ2n) is 8.41. The lowest BCUT2D eigenvalue weighted by Gasteiger charge is -2.39. The minimum Gasteiger partial charge on any atom is -0.348 e. The lowest BCUT2D eigenvalue weighted by molar-refractivity contribution is 0.0855. The lowest BCUT2D eigenvalue weighted by atomic mass is 9.70. The molecule has 1 aromatic heterocycles. The van der Waals surface area contributed by atoms with Crippen LogP contribution in [0, 0.1) is 18.3 Å². The first kappa shape index (κ1) is 17.4. The number of rotatable bonds is 3. The largest absolute Gasteiger partial charge is 0.348 e. The number of amides is 1. The zero-order chi connectivity index (χ0) is 17.3. The summed E-state index contributed by atoms with van der Waals surface area (Å²) in [5, 5.41) is 15.0. The molecular weight excluding hydrogens is 302 g/mol. The van der Waals surface area contributed by atoms with Gasteiger partial charge in [0.1, 0.15) is 0 Å². The number of nitrogens with zero attached hydrogens (tertiary/aromatic N) is 3. The van der Waals surface area contributed by atoms with Crippen LogP contribution in [0.1, 0.15) is 75.1 Å². The summed E-state index contributed by atoms with van der Waals surface area (Å²) in [6, 6.07) is 0.601. The molecule has 0 bridgehead atoms. The summed E-state index contributed by atoms with van der Waals surface area (Å²) in [5.74, 6) is 0.432. The summed E-state index contributed by atoms with van der Waals surface area (Å²) >= 11 is 0. The first-order chi connectivity index (χ1) is 11.4. The molecule has 6 nitrogen and oxygen atoms in total. The molecule has 1 saturated carbocycles. The maximum absolute atomic E-state index is 12.7. The summed E-state index contributed by atoms with van der Waals surface area (Å²) in [7, 11) is 0. The van der Waals surface area contributed by atoms with Gasteiger partial charge in [-0.15, -0.1) is 5.10 Å². The van der Waals surface area contributed by atoms with E-state index in [0.717, 1.165) is 50.9 Å². The van der Waals surface area contributed by atoms with Crippen LogP contribution in [0.5, 0.6) is 0 Å². The molecule has 0 radical (unpaired) electrons. The lowest BCUT2D eigenvalue weighted by Crippen LogP contribution is -2.44. The second-order valence-corrected chi connectivity index (χ2v) is 8.41. The van der Waals surface area contributed by atoms with Crippen molar-refractivity contribution in [2.45, 2.75) is 71.9 Å².